The molecule has 0 aliphatic rings. The van der Waals surface area contributed by atoms with E-state index in [1.165, 1.54) is 17.5 Å². The molecule has 0 radical (unpaired) electrons. The molecular weight excluding hydrogens is 220 g/mol. The topological polar surface area (TPSA) is 38.0 Å². The van der Waals surface area contributed by atoms with E-state index in [-0.39, 0.29) is 0 Å². The Kier molecular flexibility index (Phi) is 6.99. The van der Waals surface area contributed by atoms with E-state index in [1.807, 2.05) is 0 Å². The molecule has 0 aliphatic heterocycles. The van der Waals surface area contributed by atoms with E-state index in [0.717, 1.165) is 26.1 Å². The molecule has 102 valence electrons. The summed E-state index contributed by atoms with van der Waals surface area (Å²) in [5.41, 5.74) is 8.49. The molecule has 2 atom stereocenters. The van der Waals surface area contributed by atoms with Crippen molar-refractivity contribution in [1.82, 2.24) is 5.32 Å². The van der Waals surface area contributed by atoms with Gasteiger partial charge in [-0.25, -0.2) is 0 Å². The lowest BCUT2D eigenvalue weighted by atomic mass is 9.97. The Bertz CT molecular complexity index is 314. The Hall–Kier alpha value is -0.860. The summed E-state index contributed by atoms with van der Waals surface area (Å²) in [6, 6.07) is 8.98. The molecule has 0 saturated heterocycles. The van der Waals surface area contributed by atoms with Gasteiger partial charge in [0.1, 0.15) is 0 Å². The minimum absolute atomic E-state index is 0.601. The Morgan fingerprint density at radius 3 is 2.28 bits per heavy atom. The van der Waals surface area contributed by atoms with Crippen LogP contribution < -0.4 is 11.1 Å². The van der Waals surface area contributed by atoms with Crippen LogP contribution in [-0.4, -0.2) is 13.1 Å². The second-order valence-electron chi connectivity index (χ2n) is 5.19. The minimum Gasteiger partial charge on any atom is -0.330 e. The zero-order valence-corrected chi connectivity index (χ0v) is 12.1. The summed E-state index contributed by atoms with van der Waals surface area (Å²) in [5, 5.41) is 3.49. The predicted octanol–water partition coefficient (Wildman–Crippen LogP) is 3.27. The van der Waals surface area contributed by atoms with Gasteiger partial charge in [-0.2, -0.15) is 0 Å². The maximum absolute atomic E-state index is 5.69. The van der Waals surface area contributed by atoms with Gasteiger partial charge in [0.2, 0.25) is 0 Å². The molecule has 3 N–H and O–H groups in total. The molecule has 0 saturated carbocycles. The van der Waals surface area contributed by atoms with E-state index in [9.17, 15) is 0 Å². The Balaban J connectivity index is 2.39. The average Bonchev–Trinajstić information content (AvgIpc) is 2.43. The fraction of sp³-hybridized carbons (Fsp3) is 0.625. The van der Waals surface area contributed by atoms with Crippen LogP contribution in [0.5, 0.6) is 0 Å². The third kappa shape index (κ3) is 4.79. The first-order valence-electron chi connectivity index (χ1n) is 7.20. The number of rotatable bonds is 8. The van der Waals surface area contributed by atoms with E-state index in [4.69, 9.17) is 5.73 Å². The molecule has 1 aromatic carbocycles. The molecule has 2 unspecified atom stereocenters. The smallest absolute Gasteiger partial charge is 0.0205 e. The van der Waals surface area contributed by atoms with Gasteiger partial charge >= 0.3 is 0 Å². The van der Waals surface area contributed by atoms with Crippen molar-refractivity contribution in [1.29, 1.82) is 0 Å². The van der Waals surface area contributed by atoms with Gasteiger partial charge in [0, 0.05) is 6.54 Å². The van der Waals surface area contributed by atoms with Crippen molar-refractivity contribution in [3.05, 3.63) is 35.4 Å². The predicted molar refractivity (Wildman–Crippen MR) is 79.7 cm³/mol. The Morgan fingerprint density at radius 2 is 1.78 bits per heavy atom. The van der Waals surface area contributed by atoms with Crippen LogP contribution in [0.25, 0.3) is 0 Å². The van der Waals surface area contributed by atoms with Crippen LogP contribution in [0.3, 0.4) is 0 Å². The van der Waals surface area contributed by atoms with Crippen LogP contribution in [-0.2, 0) is 6.54 Å². The largest absolute Gasteiger partial charge is 0.330 e. The highest BCUT2D eigenvalue weighted by molar-refractivity contribution is 5.24. The number of nitrogens with two attached hydrogens (primary N) is 1. The van der Waals surface area contributed by atoms with Crippen molar-refractivity contribution in [3.8, 4) is 0 Å². The van der Waals surface area contributed by atoms with Crippen molar-refractivity contribution in [2.45, 2.75) is 46.1 Å². The standard InChI is InChI=1S/C16H28N2/c1-4-13(3)16-8-6-15(7-9-16)12-18-11-14(5-2)10-17/h6-9,13-14,18H,4-5,10-12,17H2,1-3H3. The summed E-state index contributed by atoms with van der Waals surface area (Å²) < 4.78 is 0. The quantitative estimate of drug-likeness (QED) is 0.741. The Labute approximate surface area is 112 Å². The van der Waals surface area contributed by atoms with Gasteiger partial charge in [0.25, 0.3) is 0 Å². The fourth-order valence-corrected chi connectivity index (χ4v) is 2.01. The first kappa shape index (κ1) is 15.2. The van der Waals surface area contributed by atoms with Crippen molar-refractivity contribution < 1.29 is 0 Å². The van der Waals surface area contributed by atoms with Crippen molar-refractivity contribution >= 4 is 0 Å². The van der Waals surface area contributed by atoms with Gasteiger partial charge in [-0.3, -0.25) is 0 Å². The van der Waals surface area contributed by atoms with Crippen molar-refractivity contribution in [3.63, 3.8) is 0 Å². The SMILES string of the molecule is CCC(CN)CNCc1ccc(C(C)CC)cc1. The van der Waals surface area contributed by atoms with Crippen molar-refractivity contribution in [2.24, 2.45) is 11.7 Å². The molecule has 0 fully saturated rings. The van der Waals surface area contributed by atoms with Crippen LogP contribution in [0, 0.1) is 5.92 Å². The molecule has 1 rings (SSSR count). The number of benzene rings is 1. The lowest BCUT2D eigenvalue weighted by Crippen LogP contribution is -2.27. The molecule has 1 aromatic rings. The molecular formula is C16H28N2. The third-order valence-corrected chi connectivity index (χ3v) is 3.83. The summed E-state index contributed by atoms with van der Waals surface area (Å²) in [5.74, 6) is 1.26. The van der Waals surface area contributed by atoms with Crippen LogP contribution in [0.15, 0.2) is 24.3 Å². The molecule has 2 nitrogen and oxygen atoms in total. The Morgan fingerprint density at radius 1 is 1.11 bits per heavy atom. The first-order chi connectivity index (χ1) is 8.71. The van der Waals surface area contributed by atoms with Crippen LogP contribution in [0.1, 0.15) is 50.7 Å². The maximum atomic E-state index is 5.69. The summed E-state index contributed by atoms with van der Waals surface area (Å²) in [7, 11) is 0. The second kappa shape index (κ2) is 8.28. The van der Waals surface area contributed by atoms with E-state index in [2.05, 4.69) is 50.4 Å². The summed E-state index contributed by atoms with van der Waals surface area (Å²) in [6.45, 7) is 9.44. The van der Waals surface area contributed by atoms with Gasteiger partial charge < -0.3 is 11.1 Å². The zero-order valence-electron chi connectivity index (χ0n) is 12.1. The second-order valence-corrected chi connectivity index (χ2v) is 5.19. The number of hydrogen-bond acceptors (Lipinski definition) is 2. The maximum Gasteiger partial charge on any atom is 0.0205 e. The highest BCUT2D eigenvalue weighted by Gasteiger charge is 2.04. The lowest BCUT2D eigenvalue weighted by molar-refractivity contribution is 0.471. The van der Waals surface area contributed by atoms with Gasteiger partial charge in [0.15, 0.2) is 0 Å². The molecule has 0 bridgehead atoms. The average molecular weight is 248 g/mol. The van der Waals surface area contributed by atoms with Crippen LogP contribution in [0.2, 0.25) is 0 Å². The van der Waals surface area contributed by atoms with Crippen LogP contribution in [0.4, 0.5) is 0 Å². The van der Waals surface area contributed by atoms with Gasteiger partial charge in [-0.1, -0.05) is 51.5 Å². The van der Waals surface area contributed by atoms with E-state index >= 15 is 0 Å². The molecule has 0 spiro atoms. The third-order valence-electron chi connectivity index (χ3n) is 3.83. The lowest BCUT2D eigenvalue weighted by Gasteiger charge is -2.14. The van der Waals surface area contributed by atoms with E-state index in [0.29, 0.717) is 11.8 Å². The number of hydrogen-bond donors (Lipinski definition) is 2. The molecule has 18 heavy (non-hydrogen) atoms. The van der Waals surface area contributed by atoms with Gasteiger partial charge in [-0.05, 0) is 42.5 Å². The van der Waals surface area contributed by atoms with E-state index < -0.39 is 0 Å². The summed E-state index contributed by atoms with van der Waals surface area (Å²) >= 11 is 0. The molecule has 0 aliphatic carbocycles. The first-order valence-corrected chi connectivity index (χ1v) is 7.20. The molecule has 0 heterocycles. The highest BCUT2D eigenvalue weighted by atomic mass is 14.9. The van der Waals surface area contributed by atoms with E-state index in [1.54, 1.807) is 0 Å². The molecule has 0 amide bonds. The van der Waals surface area contributed by atoms with Crippen molar-refractivity contribution in [2.75, 3.05) is 13.1 Å². The summed E-state index contributed by atoms with van der Waals surface area (Å²) in [6.07, 6.45) is 2.35. The van der Waals surface area contributed by atoms with Gasteiger partial charge in [0.05, 0.1) is 0 Å². The monoisotopic (exact) mass is 248 g/mol. The number of nitrogens with one attached hydrogen (secondary N) is 1. The highest BCUT2D eigenvalue weighted by Crippen LogP contribution is 2.18. The molecule has 0 aromatic heterocycles. The fourth-order valence-electron chi connectivity index (χ4n) is 2.01. The van der Waals surface area contributed by atoms with Gasteiger partial charge in [-0.15, -0.1) is 0 Å². The molecule has 2 heteroatoms. The summed E-state index contributed by atoms with van der Waals surface area (Å²) in [4.78, 5) is 0. The zero-order chi connectivity index (χ0) is 13.4. The minimum atomic E-state index is 0.601. The normalized spacial score (nSPS) is 14.4. The van der Waals surface area contributed by atoms with Crippen LogP contribution >= 0.6 is 0 Å².